The summed E-state index contributed by atoms with van der Waals surface area (Å²) < 4.78 is 13.5. The second-order valence-corrected chi connectivity index (χ2v) is 4.10. The monoisotopic (exact) mass is 227 g/mol. The normalized spacial score (nSPS) is 12.5. The Morgan fingerprint density at radius 2 is 2.27 bits per heavy atom. The number of nitrogens with one attached hydrogen (secondary N) is 1. The summed E-state index contributed by atoms with van der Waals surface area (Å²) >= 11 is 5.84. The SMILES string of the molecule is C=C(C)CC(NC)c1cc(Cl)ccc1F. The highest BCUT2D eigenvalue weighted by Gasteiger charge is 2.14. The van der Waals surface area contributed by atoms with Crippen LogP contribution in [0.5, 0.6) is 0 Å². The molecule has 0 aliphatic heterocycles. The Bertz CT molecular complexity index is 363. The molecule has 1 atom stereocenters. The van der Waals surface area contributed by atoms with E-state index in [1.54, 1.807) is 19.2 Å². The van der Waals surface area contributed by atoms with Gasteiger partial charge in [-0.3, -0.25) is 0 Å². The van der Waals surface area contributed by atoms with Gasteiger partial charge in [-0.1, -0.05) is 17.2 Å². The molecule has 0 saturated heterocycles. The van der Waals surface area contributed by atoms with Gasteiger partial charge in [-0.25, -0.2) is 4.39 Å². The van der Waals surface area contributed by atoms with Crippen LogP contribution in [0.3, 0.4) is 0 Å². The first-order valence-corrected chi connectivity index (χ1v) is 5.19. The Morgan fingerprint density at radius 3 is 2.80 bits per heavy atom. The van der Waals surface area contributed by atoms with Crippen molar-refractivity contribution in [1.29, 1.82) is 0 Å². The summed E-state index contributed by atoms with van der Waals surface area (Å²) in [5.41, 5.74) is 1.60. The summed E-state index contributed by atoms with van der Waals surface area (Å²) in [6, 6.07) is 4.52. The molecule has 0 heterocycles. The zero-order chi connectivity index (χ0) is 11.4. The van der Waals surface area contributed by atoms with E-state index in [9.17, 15) is 4.39 Å². The maximum absolute atomic E-state index is 13.5. The molecule has 0 aliphatic rings. The van der Waals surface area contributed by atoms with Crippen molar-refractivity contribution in [2.24, 2.45) is 0 Å². The zero-order valence-corrected chi connectivity index (χ0v) is 9.74. The first kappa shape index (κ1) is 12.2. The Labute approximate surface area is 95.0 Å². The Hall–Kier alpha value is -0.860. The summed E-state index contributed by atoms with van der Waals surface area (Å²) in [5, 5.41) is 3.61. The minimum absolute atomic E-state index is 0.0683. The van der Waals surface area contributed by atoms with Crippen LogP contribution in [0.1, 0.15) is 24.9 Å². The highest BCUT2D eigenvalue weighted by atomic mass is 35.5. The molecule has 0 radical (unpaired) electrons. The summed E-state index contributed by atoms with van der Waals surface area (Å²) in [6.07, 6.45) is 0.702. The van der Waals surface area contributed by atoms with E-state index in [0.717, 1.165) is 5.57 Å². The van der Waals surface area contributed by atoms with Gasteiger partial charge in [0.05, 0.1) is 0 Å². The van der Waals surface area contributed by atoms with Crippen molar-refractivity contribution < 1.29 is 4.39 Å². The van der Waals surface area contributed by atoms with E-state index in [0.29, 0.717) is 17.0 Å². The maximum Gasteiger partial charge on any atom is 0.128 e. The second kappa shape index (κ2) is 5.29. The average molecular weight is 228 g/mol. The first-order valence-electron chi connectivity index (χ1n) is 4.81. The van der Waals surface area contributed by atoms with Crippen molar-refractivity contribution in [3.05, 3.63) is 46.8 Å². The molecule has 1 unspecified atom stereocenters. The van der Waals surface area contributed by atoms with Gasteiger partial charge in [0.15, 0.2) is 0 Å². The van der Waals surface area contributed by atoms with Crippen LogP contribution in [-0.4, -0.2) is 7.05 Å². The van der Waals surface area contributed by atoms with Gasteiger partial charge in [-0.05, 0) is 38.6 Å². The molecule has 1 aromatic rings. The van der Waals surface area contributed by atoms with Gasteiger partial charge in [0.1, 0.15) is 5.82 Å². The fraction of sp³-hybridized carbons (Fsp3) is 0.333. The molecule has 1 nitrogen and oxygen atoms in total. The van der Waals surface area contributed by atoms with Gasteiger partial charge in [-0.15, -0.1) is 6.58 Å². The summed E-state index contributed by atoms with van der Waals surface area (Å²) in [7, 11) is 1.80. The minimum Gasteiger partial charge on any atom is -0.313 e. The van der Waals surface area contributed by atoms with Crippen molar-refractivity contribution in [2.75, 3.05) is 7.05 Å². The fourth-order valence-corrected chi connectivity index (χ4v) is 1.68. The van der Waals surface area contributed by atoms with E-state index >= 15 is 0 Å². The Kier molecular flexibility index (Phi) is 4.30. The molecule has 82 valence electrons. The largest absolute Gasteiger partial charge is 0.313 e. The van der Waals surface area contributed by atoms with Crippen LogP contribution in [0.15, 0.2) is 30.4 Å². The van der Waals surface area contributed by atoms with E-state index in [-0.39, 0.29) is 11.9 Å². The van der Waals surface area contributed by atoms with Crippen molar-refractivity contribution in [3.63, 3.8) is 0 Å². The van der Waals surface area contributed by atoms with Crippen LogP contribution in [0, 0.1) is 5.82 Å². The molecule has 3 heteroatoms. The Balaban J connectivity index is 3.00. The molecular formula is C12H15ClFN. The van der Waals surface area contributed by atoms with Crippen LogP contribution in [0.25, 0.3) is 0 Å². The van der Waals surface area contributed by atoms with Gasteiger partial charge < -0.3 is 5.32 Å². The van der Waals surface area contributed by atoms with Crippen molar-refractivity contribution in [3.8, 4) is 0 Å². The van der Waals surface area contributed by atoms with Crippen molar-refractivity contribution in [1.82, 2.24) is 5.32 Å². The van der Waals surface area contributed by atoms with Crippen LogP contribution in [0.4, 0.5) is 4.39 Å². The molecule has 1 N–H and O–H groups in total. The van der Waals surface area contributed by atoms with E-state index in [2.05, 4.69) is 11.9 Å². The molecule has 1 rings (SSSR count). The van der Waals surface area contributed by atoms with Gasteiger partial charge >= 0.3 is 0 Å². The highest BCUT2D eigenvalue weighted by molar-refractivity contribution is 6.30. The predicted molar refractivity (Wildman–Crippen MR) is 62.6 cm³/mol. The topological polar surface area (TPSA) is 12.0 Å². The average Bonchev–Trinajstić information content (AvgIpc) is 2.18. The summed E-state index contributed by atoms with van der Waals surface area (Å²) in [4.78, 5) is 0. The molecule has 0 bridgehead atoms. The first-order chi connectivity index (χ1) is 7.04. The number of halogens is 2. The lowest BCUT2D eigenvalue weighted by Gasteiger charge is -2.17. The third-order valence-electron chi connectivity index (χ3n) is 2.23. The number of rotatable bonds is 4. The quantitative estimate of drug-likeness (QED) is 0.774. The number of hydrogen-bond donors (Lipinski definition) is 1. The molecule has 0 spiro atoms. The van der Waals surface area contributed by atoms with Crippen LogP contribution >= 0.6 is 11.6 Å². The van der Waals surface area contributed by atoms with Crippen LogP contribution in [-0.2, 0) is 0 Å². The third kappa shape index (κ3) is 3.33. The van der Waals surface area contributed by atoms with Crippen LogP contribution in [0.2, 0.25) is 5.02 Å². The van der Waals surface area contributed by atoms with Gasteiger partial charge in [-0.2, -0.15) is 0 Å². The van der Waals surface area contributed by atoms with Crippen molar-refractivity contribution >= 4 is 11.6 Å². The molecular weight excluding hydrogens is 213 g/mol. The second-order valence-electron chi connectivity index (χ2n) is 3.67. The molecule has 15 heavy (non-hydrogen) atoms. The summed E-state index contributed by atoms with van der Waals surface area (Å²) in [6.45, 7) is 5.75. The third-order valence-corrected chi connectivity index (χ3v) is 2.47. The van der Waals surface area contributed by atoms with E-state index < -0.39 is 0 Å². The molecule has 0 aromatic heterocycles. The molecule has 0 saturated carbocycles. The van der Waals surface area contributed by atoms with Gasteiger partial charge in [0, 0.05) is 16.6 Å². The van der Waals surface area contributed by atoms with Crippen molar-refractivity contribution in [2.45, 2.75) is 19.4 Å². The fourth-order valence-electron chi connectivity index (χ4n) is 1.50. The lowest BCUT2D eigenvalue weighted by Crippen LogP contribution is -2.17. The highest BCUT2D eigenvalue weighted by Crippen LogP contribution is 2.25. The molecule has 1 aromatic carbocycles. The Morgan fingerprint density at radius 1 is 1.60 bits per heavy atom. The lowest BCUT2D eigenvalue weighted by molar-refractivity contribution is 0.533. The lowest BCUT2D eigenvalue weighted by atomic mass is 10.00. The molecule has 0 aliphatic carbocycles. The van der Waals surface area contributed by atoms with Gasteiger partial charge in [0.2, 0.25) is 0 Å². The number of benzene rings is 1. The van der Waals surface area contributed by atoms with E-state index in [4.69, 9.17) is 11.6 Å². The van der Waals surface area contributed by atoms with Crippen LogP contribution < -0.4 is 5.32 Å². The smallest absolute Gasteiger partial charge is 0.128 e. The van der Waals surface area contributed by atoms with Gasteiger partial charge in [0.25, 0.3) is 0 Å². The van der Waals surface area contributed by atoms with E-state index in [1.807, 2.05) is 6.92 Å². The number of hydrogen-bond acceptors (Lipinski definition) is 1. The molecule has 0 fully saturated rings. The summed E-state index contributed by atoms with van der Waals surface area (Å²) in [5.74, 6) is -0.236. The maximum atomic E-state index is 13.5. The van der Waals surface area contributed by atoms with E-state index in [1.165, 1.54) is 6.07 Å². The predicted octanol–water partition coefficient (Wildman–Crippen LogP) is 3.71. The molecule has 0 amide bonds. The minimum atomic E-state index is -0.236. The zero-order valence-electron chi connectivity index (χ0n) is 8.98. The standard InChI is InChI=1S/C12H15ClFN/c1-8(2)6-12(15-3)10-7-9(13)4-5-11(10)14/h4-5,7,12,15H,1,6H2,2-3H3.